The second-order valence-corrected chi connectivity index (χ2v) is 7.11. The molecule has 0 spiro atoms. The molecule has 1 unspecified atom stereocenters. The molecule has 1 aliphatic rings. The first-order valence-corrected chi connectivity index (χ1v) is 8.95. The molecule has 4 rings (SSSR count). The van der Waals surface area contributed by atoms with E-state index in [1.807, 2.05) is 0 Å². The van der Waals surface area contributed by atoms with E-state index in [0.717, 1.165) is 30.2 Å². The number of hydrogen-bond acceptors (Lipinski definition) is 6. The summed E-state index contributed by atoms with van der Waals surface area (Å²) in [6.45, 7) is 2.58. The largest absolute Gasteiger partial charge is 0.376 e. The van der Waals surface area contributed by atoms with Crippen LogP contribution in [0.3, 0.4) is 0 Å². The van der Waals surface area contributed by atoms with E-state index in [1.165, 1.54) is 17.0 Å². The minimum atomic E-state index is -0.760. The molecule has 3 aromatic rings. The van der Waals surface area contributed by atoms with Crippen LogP contribution in [0.2, 0.25) is 0 Å². The number of amides is 1. The van der Waals surface area contributed by atoms with Crippen molar-refractivity contribution < 1.29 is 22.8 Å². The van der Waals surface area contributed by atoms with Gasteiger partial charge in [0, 0.05) is 18.7 Å². The molecule has 9 heteroatoms. The topological polar surface area (TPSA) is 68.5 Å². The van der Waals surface area contributed by atoms with Crippen molar-refractivity contribution in [1.82, 2.24) is 10.1 Å². The summed E-state index contributed by atoms with van der Waals surface area (Å²) < 4.78 is 38.4. The Morgan fingerprint density at radius 3 is 2.92 bits per heavy atom. The molecule has 26 heavy (non-hydrogen) atoms. The zero-order valence-electron chi connectivity index (χ0n) is 13.9. The van der Waals surface area contributed by atoms with Gasteiger partial charge in [-0.1, -0.05) is 16.5 Å². The van der Waals surface area contributed by atoms with Gasteiger partial charge in [-0.3, -0.25) is 9.69 Å². The molecule has 0 aliphatic carbocycles. The van der Waals surface area contributed by atoms with Gasteiger partial charge in [0.05, 0.1) is 17.3 Å². The molecule has 1 saturated heterocycles. The standard InChI is InChI=1S/C17H15F2N3O3S/c1-9-5-13(21-25-9)16(23)22(8-11-3-2-4-24-11)17-20-15-12(19)6-10(18)7-14(15)26-17/h5-7,11H,2-4,8H2,1H3. The molecular weight excluding hydrogens is 364 g/mol. The summed E-state index contributed by atoms with van der Waals surface area (Å²) in [7, 11) is 0. The van der Waals surface area contributed by atoms with E-state index in [2.05, 4.69) is 10.1 Å². The predicted molar refractivity (Wildman–Crippen MR) is 91.4 cm³/mol. The van der Waals surface area contributed by atoms with Crippen LogP contribution < -0.4 is 4.90 Å². The summed E-state index contributed by atoms with van der Waals surface area (Å²) >= 11 is 1.05. The Balaban J connectivity index is 1.74. The summed E-state index contributed by atoms with van der Waals surface area (Å²) in [4.78, 5) is 18.5. The zero-order valence-corrected chi connectivity index (χ0v) is 14.7. The molecular formula is C17H15F2N3O3S. The Kier molecular flexibility index (Phi) is 4.41. The van der Waals surface area contributed by atoms with Gasteiger partial charge in [-0.05, 0) is 25.8 Å². The molecule has 6 nitrogen and oxygen atoms in total. The van der Waals surface area contributed by atoms with E-state index in [-0.39, 0.29) is 29.0 Å². The van der Waals surface area contributed by atoms with Crippen molar-refractivity contribution >= 4 is 32.6 Å². The maximum absolute atomic E-state index is 14.0. The van der Waals surface area contributed by atoms with Crippen LogP contribution in [0.1, 0.15) is 29.1 Å². The van der Waals surface area contributed by atoms with Crippen LogP contribution in [0.5, 0.6) is 0 Å². The number of carbonyl (C=O) groups is 1. The number of halogens is 2. The van der Waals surface area contributed by atoms with Crippen molar-refractivity contribution in [1.29, 1.82) is 0 Å². The van der Waals surface area contributed by atoms with Crippen molar-refractivity contribution in [3.8, 4) is 0 Å². The zero-order chi connectivity index (χ0) is 18.3. The van der Waals surface area contributed by atoms with Crippen LogP contribution in [-0.2, 0) is 4.74 Å². The summed E-state index contributed by atoms with van der Waals surface area (Å²) in [5.41, 5.74) is 0.166. The number of rotatable bonds is 4. The summed E-state index contributed by atoms with van der Waals surface area (Å²) in [6.07, 6.45) is 1.59. The number of ether oxygens (including phenoxy) is 1. The Bertz CT molecular complexity index is 965. The van der Waals surface area contributed by atoms with Crippen LogP contribution in [0.25, 0.3) is 10.2 Å². The second kappa shape index (κ2) is 6.73. The minimum Gasteiger partial charge on any atom is -0.376 e. The molecule has 1 fully saturated rings. The number of benzene rings is 1. The SMILES string of the molecule is Cc1cc(C(=O)N(CC2CCCO2)c2nc3c(F)cc(F)cc3s2)no1. The average Bonchev–Trinajstić information content (AvgIpc) is 3.32. The molecule has 1 aliphatic heterocycles. The van der Waals surface area contributed by atoms with Crippen LogP contribution in [0.4, 0.5) is 13.9 Å². The highest BCUT2D eigenvalue weighted by Crippen LogP contribution is 2.32. The van der Waals surface area contributed by atoms with Crippen molar-refractivity contribution in [2.75, 3.05) is 18.1 Å². The first-order valence-electron chi connectivity index (χ1n) is 8.13. The predicted octanol–water partition coefficient (Wildman–Crippen LogP) is 3.70. The summed E-state index contributed by atoms with van der Waals surface area (Å²) in [6, 6.07) is 3.51. The highest BCUT2D eigenvalue weighted by molar-refractivity contribution is 7.22. The van der Waals surface area contributed by atoms with Crippen molar-refractivity contribution in [2.45, 2.75) is 25.9 Å². The number of thiazole rings is 1. The average molecular weight is 379 g/mol. The van der Waals surface area contributed by atoms with Crippen LogP contribution in [0, 0.1) is 18.6 Å². The minimum absolute atomic E-state index is 0.0351. The molecule has 1 aromatic carbocycles. The van der Waals surface area contributed by atoms with Gasteiger partial charge < -0.3 is 9.26 Å². The Labute approximate surface area is 151 Å². The molecule has 1 amide bonds. The van der Waals surface area contributed by atoms with E-state index in [4.69, 9.17) is 9.26 Å². The van der Waals surface area contributed by atoms with Crippen molar-refractivity contribution in [2.24, 2.45) is 0 Å². The van der Waals surface area contributed by atoms with Gasteiger partial charge in [0.25, 0.3) is 5.91 Å². The quantitative estimate of drug-likeness (QED) is 0.691. The number of fused-ring (bicyclic) bond motifs is 1. The summed E-state index contributed by atoms with van der Waals surface area (Å²) in [5, 5.41) is 4.03. The van der Waals surface area contributed by atoms with E-state index >= 15 is 0 Å². The Morgan fingerprint density at radius 1 is 1.38 bits per heavy atom. The third-order valence-electron chi connectivity index (χ3n) is 4.14. The first-order chi connectivity index (χ1) is 12.5. The molecule has 0 saturated carbocycles. The molecule has 1 atom stereocenters. The maximum atomic E-state index is 14.0. The van der Waals surface area contributed by atoms with E-state index in [1.54, 1.807) is 6.92 Å². The number of aryl methyl sites for hydroxylation is 1. The second-order valence-electron chi connectivity index (χ2n) is 6.10. The molecule has 0 N–H and O–H groups in total. The molecule has 136 valence electrons. The van der Waals surface area contributed by atoms with Gasteiger partial charge in [-0.15, -0.1) is 0 Å². The lowest BCUT2D eigenvalue weighted by Gasteiger charge is -2.21. The fourth-order valence-corrected chi connectivity index (χ4v) is 3.92. The number of hydrogen-bond donors (Lipinski definition) is 0. The molecule has 0 bridgehead atoms. The van der Waals surface area contributed by atoms with E-state index < -0.39 is 17.5 Å². The number of carbonyl (C=O) groups excluding carboxylic acids is 1. The third kappa shape index (κ3) is 3.19. The van der Waals surface area contributed by atoms with Crippen molar-refractivity contribution in [3.63, 3.8) is 0 Å². The van der Waals surface area contributed by atoms with Gasteiger partial charge in [0.2, 0.25) is 0 Å². The number of nitrogens with zero attached hydrogens (tertiary/aromatic N) is 3. The van der Waals surface area contributed by atoms with Crippen LogP contribution in [0.15, 0.2) is 22.7 Å². The molecule has 3 heterocycles. The third-order valence-corrected chi connectivity index (χ3v) is 5.16. The Morgan fingerprint density at radius 2 is 2.23 bits per heavy atom. The fraction of sp³-hybridized carbons (Fsp3) is 0.353. The summed E-state index contributed by atoms with van der Waals surface area (Å²) in [5.74, 6) is -1.36. The highest BCUT2D eigenvalue weighted by Gasteiger charge is 2.29. The van der Waals surface area contributed by atoms with Crippen LogP contribution >= 0.6 is 11.3 Å². The lowest BCUT2D eigenvalue weighted by Crippen LogP contribution is -2.37. The molecule has 2 aromatic heterocycles. The lowest BCUT2D eigenvalue weighted by atomic mass is 10.2. The monoisotopic (exact) mass is 379 g/mol. The van der Waals surface area contributed by atoms with Gasteiger partial charge in [-0.2, -0.15) is 0 Å². The van der Waals surface area contributed by atoms with Gasteiger partial charge >= 0.3 is 0 Å². The van der Waals surface area contributed by atoms with E-state index in [0.29, 0.717) is 17.1 Å². The van der Waals surface area contributed by atoms with Gasteiger partial charge in [0.15, 0.2) is 16.6 Å². The fourth-order valence-electron chi connectivity index (χ4n) is 2.91. The molecule has 0 radical (unpaired) electrons. The van der Waals surface area contributed by atoms with Crippen LogP contribution in [-0.4, -0.2) is 35.3 Å². The van der Waals surface area contributed by atoms with Crippen molar-refractivity contribution in [3.05, 3.63) is 41.3 Å². The normalized spacial score (nSPS) is 17.1. The maximum Gasteiger partial charge on any atom is 0.282 e. The number of aromatic nitrogens is 2. The number of anilines is 1. The lowest BCUT2D eigenvalue weighted by molar-refractivity contribution is 0.0910. The van der Waals surface area contributed by atoms with E-state index in [9.17, 15) is 13.6 Å². The smallest absolute Gasteiger partial charge is 0.282 e. The first kappa shape index (κ1) is 17.0. The Hall–Kier alpha value is -2.39. The highest BCUT2D eigenvalue weighted by atomic mass is 32.1. The van der Waals surface area contributed by atoms with Gasteiger partial charge in [0.1, 0.15) is 17.1 Å². The van der Waals surface area contributed by atoms with Gasteiger partial charge in [-0.25, -0.2) is 13.8 Å².